The zero-order valence-electron chi connectivity index (χ0n) is 8.87. The Hall–Kier alpha value is -0.610. The van der Waals surface area contributed by atoms with Gasteiger partial charge in [-0.05, 0) is 19.3 Å². The molecule has 2 N–H and O–H groups in total. The van der Waals surface area contributed by atoms with Crippen molar-refractivity contribution in [2.45, 2.75) is 31.8 Å². The van der Waals surface area contributed by atoms with E-state index in [1.807, 2.05) is 4.90 Å². The molecular formula is C10H20N2O2. The van der Waals surface area contributed by atoms with Gasteiger partial charge in [-0.1, -0.05) is 0 Å². The number of piperidine rings is 1. The molecule has 1 atom stereocenters. The van der Waals surface area contributed by atoms with Gasteiger partial charge in [0.1, 0.15) is 0 Å². The number of carbonyl (C=O) groups is 1. The van der Waals surface area contributed by atoms with Crippen LogP contribution in [0.4, 0.5) is 0 Å². The molecule has 0 aromatic rings. The summed E-state index contributed by atoms with van der Waals surface area (Å²) in [5.41, 5.74) is 5.47. The molecule has 0 aromatic carbocycles. The average molecular weight is 200 g/mol. The highest BCUT2D eigenvalue weighted by Gasteiger charge is 2.19. The van der Waals surface area contributed by atoms with Gasteiger partial charge in [0.15, 0.2) is 0 Å². The van der Waals surface area contributed by atoms with Crippen LogP contribution in [0.25, 0.3) is 0 Å². The molecule has 0 bridgehead atoms. The van der Waals surface area contributed by atoms with E-state index in [0.29, 0.717) is 13.0 Å². The standard InChI is InChI=1S/C10H20N2O2/c1-14-9(8-11)7-10(13)12-5-3-2-4-6-12/h9H,2-8,11H2,1H3. The Labute approximate surface area is 85.4 Å². The monoisotopic (exact) mass is 200 g/mol. The number of nitrogens with two attached hydrogens (primary N) is 1. The zero-order valence-corrected chi connectivity index (χ0v) is 8.87. The summed E-state index contributed by atoms with van der Waals surface area (Å²) in [7, 11) is 1.60. The SMILES string of the molecule is COC(CN)CC(=O)N1CCCCC1. The Morgan fingerprint density at radius 1 is 1.43 bits per heavy atom. The van der Waals surface area contributed by atoms with Crippen molar-refractivity contribution in [2.75, 3.05) is 26.7 Å². The second-order valence-corrected chi connectivity index (χ2v) is 3.74. The van der Waals surface area contributed by atoms with Crippen LogP contribution in [0.2, 0.25) is 0 Å². The van der Waals surface area contributed by atoms with Gasteiger partial charge < -0.3 is 15.4 Å². The molecule has 1 aliphatic heterocycles. The van der Waals surface area contributed by atoms with E-state index in [9.17, 15) is 4.79 Å². The third-order valence-electron chi connectivity index (χ3n) is 2.71. The van der Waals surface area contributed by atoms with Crippen LogP contribution in [0, 0.1) is 0 Å². The predicted octanol–water partition coefficient (Wildman–Crippen LogP) is 0.363. The molecule has 14 heavy (non-hydrogen) atoms. The Bertz CT molecular complexity index is 175. The number of ether oxygens (including phenoxy) is 1. The lowest BCUT2D eigenvalue weighted by molar-refractivity contribution is -0.134. The molecule has 82 valence electrons. The predicted molar refractivity (Wildman–Crippen MR) is 54.9 cm³/mol. The fraction of sp³-hybridized carbons (Fsp3) is 0.900. The quantitative estimate of drug-likeness (QED) is 0.713. The summed E-state index contributed by atoms with van der Waals surface area (Å²) < 4.78 is 5.09. The number of hydrogen-bond donors (Lipinski definition) is 1. The van der Waals surface area contributed by atoms with E-state index < -0.39 is 0 Å². The van der Waals surface area contributed by atoms with Crippen LogP contribution in [-0.4, -0.2) is 43.7 Å². The van der Waals surface area contributed by atoms with Gasteiger partial charge in [-0.2, -0.15) is 0 Å². The van der Waals surface area contributed by atoms with E-state index in [2.05, 4.69) is 0 Å². The van der Waals surface area contributed by atoms with Crippen LogP contribution in [0.3, 0.4) is 0 Å². The van der Waals surface area contributed by atoms with Crippen molar-refractivity contribution in [3.8, 4) is 0 Å². The maximum absolute atomic E-state index is 11.7. The summed E-state index contributed by atoms with van der Waals surface area (Å²) in [6.07, 6.45) is 3.81. The summed E-state index contributed by atoms with van der Waals surface area (Å²) >= 11 is 0. The first-order valence-corrected chi connectivity index (χ1v) is 5.28. The van der Waals surface area contributed by atoms with Gasteiger partial charge in [0.25, 0.3) is 0 Å². The summed E-state index contributed by atoms with van der Waals surface area (Å²) in [5, 5.41) is 0. The third-order valence-corrected chi connectivity index (χ3v) is 2.71. The van der Waals surface area contributed by atoms with E-state index in [0.717, 1.165) is 25.9 Å². The molecule has 1 saturated heterocycles. The fourth-order valence-electron chi connectivity index (χ4n) is 1.73. The third kappa shape index (κ3) is 3.27. The molecule has 1 amide bonds. The number of rotatable bonds is 4. The zero-order chi connectivity index (χ0) is 10.4. The first-order chi connectivity index (χ1) is 6.77. The number of amides is 1. The van der Waals surface area contributed by atoms with Crippen LogP contribution in [0.5, 0.6) is 0 Å². The van der Waals surface area contributed by atoms with E-state index in [-0.39, 0.29) is 12.0 Å². The Morgan fingerprint density at radius 2 is 2.07 bits per heavy atom. The van der Waals surface area contributed by atoms with E-state index in [1.165, 1.54) is 6.42 Å². The lowest BCUT2D eigenvalue weighted by Gasteiger charge is -2.27. The Kier molecular flexibility index (Phi) is 4.90. The van der Waals surface area contributed by atoms with Crippen LogP contribution in [0.1, 0.15) is 25.7 Å². The lowest BCUT2D eigenvalue weighted by Crippen LogP contribution is -2.39. The normalized spacial score (nSPS) is 19.4. The van der Waals surface area contributed by atoms with E-state index >= 15 is 0 Å². The molecule has 1 fully saturated rings. The second kappa shape index (κ2) is 5.98. The van der Waals surface area contributed by atoms with Crippen LogP contribution in [-0.2, 0) is 9.53 Å². The molecule has 0 radical (unpaired) electrons. The molecule has 0 aromatic heterocycles. The van der Waals surface area contributed by atoms with E-state index in [4.69, 9.17) is 10.5 Å². The molecule has 1 unspecified atom stereocenters. The Morgan fingerprint density at radius 3 is 2.57 bits per heavy atom. The lowest BCUT2D eigenvalue weighted by atomic mass is 10.1. The molecule has 0 saturated carbocycles. The number of nitrogens with zero attached hydrogens (tertiary/aromatic N) is 1. The number of carbonyl (C=O) groups excluding carboxylic acids is 1. The maximum atomic E-state index is 11.7. The number of methoxy groups -OCH3 is 1. The fourth-order valence-corrected chi connectivity index (χ4v) is 1.73. The molecule has 1 rings (SSSR count). The van der Waals surface area contributed by atoms with Crippen molar-refractivity contribution in [3.05, 3.63) is 0 Å². The van der Waals surface area contributed by atoms with Gasteiger partial charge in [0.05, 0.1) is 12.5 Å². The van der Waals surface area contributed by atoms with Gasteiger partial charge >= 0.3 is 0 Å². The molecule has 4 nitrogen and oxygen atoms in total. The van der Waals surface area contributed by atoms with Crippen molar-refractivity contribution in [2.24, 2.45) is 5.73 Å². The van der Waals surface area contributed by atoms with Crippen LogP contribution >= 0.6 is 0 Å². The van der Waals surface area contributed by atoms with Gasteiger partial charge in [-0.15, -0.1) is 0 Å². The van der Waals surface area contributed by atoms with Crippen LogP contribution in [0.15, 0.2) is 0 Å². The van der Waals surface area contributed by atoms with Gasteiger partial charge in [0.2, 0.25) is 5.91 Å². The largest absolute Gasteiger partial charge is 0.380 e. The van der Waals surface area contributed by atoms with Crippen molar-refractivity contribution in [1.82, 2.24) is 4.90 Å². The average Bonchev–Trinajstić information content (AvgIpc) is 2.26. The van der Waals surface area contributed by atoms with Crippen molar-refractivity contribution in [1.29, 1.82) is 0 Å². The highest BCUT2D eigenvalue weighted by Crippen LogP contribution is 2.11. The van der Waals surface area contributed by atoms with Crippen LogP contribution < -0.4 is 5.73 Å². The Balaban J connectivity index is 2.32. The van der Waals surface area contributed by atoms with Gasteiger partial charge in [0, 0.05) is 26.7 Å². The maximum Gasteiger partial charge on any atom is 0.225 e. The molecule has 4 heteroatoms. The number of hydrogen-bond acceptors (Lipinski definition) is 3. The number of likely N-dealkylation sites (tertiary alicyclic amines) is 1. The summed E-state index contributed by atoms with van der Waals surface area (Å²) in [6.45, 7) is 2.22. The van der Waals surface area contributed by atoms with Crippen molar-refractivity contribution in [3.63, 3.8) is 0 Å². The summed E-state index contributed by atoms with van der Waals surface area (Å²) in [4.78, 5) is 13.6. The van der Waals surface area contributed by atoms with E-state index in [1.54, 1.807) is 7.11 Å². The molecule has 0 aliphatic carbocycles. The first kappa shape index (κ1) is 11.5. The summed E-state index contributed by atoms with van der Waals surface area (Å²) in [5.74, 6) is 0.182. The molecular weight excluding hydrogens is 180 g/mol. The topological polar surface area (TPSA) is 55.6 Å². The second-order valence-electron chi connectivity index (χ2n) is 3.74. The van der Waals surface area contributed by atoms with Crippen molar-refractivity contribution < 1.29 is 9.53 Å². The highest BCUT2D eigenvalue weighted by molar-refractivity contribution is 5.76. The highest BCUT2D eigenvalue weighted by atomic mass is 16.5. The minimum atomic E-state index is -0.121. The van der Waals surface area contributed by atoms with Gasteiger partial charge in [-0.3, -0.25) is 4.79 Å². The smallest absolute Gasteiger partial charge is 0.225 e. The molecule has 1 aliphatic rings. The summed E-state index contributed by atoms with van der Waals surface area (Å²) in [6, 6.07) is 0. The first-order valence-electron chi connectivity index (χ1n) is 5.28. The molecule has 0 spiro atoms. The van der Waals surface area contributed by atoms with Gasteiger partial charge in [-0.25, -0.2) is 0 Å². The van der Waals surface area contributed by atoms with Crippen molar-refractivity contribution >= 4 is 5.91 Å². The minimum Gasteiger partial charge on any atom is -0.380 e. The minimum absolute atomic E-state index is 0.121. The molecule has 1 heterocycles.